The molecule has 20 heavy (non-hydrogen) atoms. The molecule has 0 heterocycles. The fourth-order valence-electron chi connectivity index (χ4n) is 1.78. The zero-order valence-corrected chi connectivity index (χ0v) is 13.7. The van der Waals surface area contributed by atoms with Crippen molar-refractivity contribution in [3.05, 3.63) is 28.5 Å². The lowest BCUT2D eigenvalue weighted by atomic mass is 9.82. The summed E-state index contributed by atoms with van der Waals surface area (Å²) in [5, 5.41) is 10.3. The molecule has 116 valence electrons. The fraction of sp³-hybridized carbons (Fsp3) is 0.571. The standard InChI is InChI=1S/C14H21ClFNO2.ClH/c1-5-19-12-9(15)6-8(7-10(12)16)11(17)13(18)14(2,3)4;/h6-7,11,13,18H,5,17H2,1-4H3;1H/t11-,13-;/m0./s1. The zero-order chi connectivity index (χ0) is 14.8. The summed E-state index contributed by atoms with van der Waals surface area (Å²) in [5.74, 6) is -0.550. The minimum Gasteiger partial charge on any atom is -0.489 e. The van der Waals surface area contributed by atoms with E-state index in [0.29, 0.717) is 12.2 Å². The molecule has 3 nitrogen and oxygen atoms in total. The van der Waals surface area contributed by atoms with E-state index in [0.717, 1.165) is 0 Å². The summed E-state index contributed by atoms with van der Waals surface area (Å²) in [4.78, 5) is 0. The van der Waals surface area contributed by atoms with E-state index in [-0.39, 0.29) is 23.2 Å². The monoisotopic (exact) mass is 325 g/mol. The smallest absolute Gasteiger partial charge is 0.173 e. The summed E-state index contributed by atoms with van der Waals surface area (Å²) in [7, 11) is 0. The first-order valence-electron chi connectivity index (χ1n) is 6.23. The molecule has 0 unspecified atom stereocenters. The van der Waals surface area contributed by atoms with E-state index in [1.165, 1.54) is 12.1 Å². The second-order valence-electron chi connectivity index (χ2n) is 5.58. The summed E-state index contributed by atoms with van der Waals surface area (Å²) in [5.41, 5.74) is 6.02. The first kappa shape index (κ1) is 19.4. The van der Waals surface area contributed by atoms with E-state index < -0.39 is 23.4 Å². The van der Waals surface area contributed by atoms with Crippen LogP contribution in [0.2, 0.25) is 5.02 Å². The van der Waals surface area contributed by atoms with Gasteiger partial charge in [0.15, 0.2) is 11.6 Å². The number of rotatable bonds is 4. The molecule has 0 bridgehead atoms. The third kappa shape index (κ3) is 4.48. The molecule has 6 heteroatoms. The molecule has 1 aromatic carbocycles. The van der Waals surface area contributed by atoms with Gasteiger partial charge in [0.2, 0.25) is 0 Å². The Morgan fingerprint density at radius 3 is 2.35 bits per heavy atom. The van der Waals surface area contributed by atoms with Crippen LogP contribution >= 0.6 is 24.0 Å². The van der Waals surface area contributed by atoms with Gasteiger partial charge >= 0.3 is 0 Å². The summed E-state index contributed by atoms with van der Waals surface area (Å²) in [6, 6.07) is 2.09. The van der Waals surface area contributed by atoms with E-state index in [1.807, 2.05) is 20.8 Å². The Morgan fingerprint density at radius 1 is 1.40 bits per heavy atom. The summed E-state index contributed by atoms with van der Waals surface area (Å²) >= 11 is 5.97. The zero-order valence-electron chi connectivity index (χ0n) is 12.1. The topological polar surface area (TPSA) is 55.5 Å². The SMILES string of the molecule is CCOc1c(F)cc([C@H](N)[C@H](O)C(C)(C)C)cc1Cl.Cl. The number of aliphatic hydroxyl groups is 1. The number of halogens is 3. The molecule has 0 fully saturated rings. The Bertz CT molecular complexity index is 426. The highest BCUT2D eigenvalue weighted by Crippen LogP contribution is 2.34. The predicted octanol–water partition coefficient (Wildman–Crippen LogP) is 3.71. The van der Waals surface area contributed by atoms with Crippen LogP contribution in [0, 0.1) is 11.2 Å². The Balaban J connectivity index is 0.00000361. The number of aliphatic hydroxyl groups excluding tert-OH is 1. The number of benzene rings is 1. The average Bonchev–Trinajstić information content (AvgIpc) is 2.30. The normalized spacial score (nSPS) is 14.4. The fourth-order valence-corrected chi connectivity index (χ4v) is 2.05. The van der Waals surface area contributed by atoms with Gasteiger partial charge in [-0.3, -0.25) is 0 Å². The maximum absolute atomic E-state index is 13.9. The lowest BCUT2D eigenvalue weighted by Crippen LogP contribution is -2.37. The van der Waals surface area contributed by atoms with E-state index in [4.69, 9.17) is 22.1 Å². The highest BCUT2D eigenvalue weighted by Gasteiger charge is 2.30. The lowest BCUT2D eigenvalue weighted by molar-refractivity contribution is 0.0400. The van der Waals surface area contributed by atoms with E-state index in [2.05, 4.69) is 0 Å². The van der Waals surface area contributed by atoms with Gasteiger partial charge in [0.25, 0.3) is 0 Å². The van der Waals surface area contributed by atoms with Crippen LogP contribution in [-0.2, 0) is 0 Å². The Kier molecular flexibility index (Phi) is 7.25. The first-order valence-corrected chi connectivity index (χ1v) is 6.61. The van der Waals surface area contributed by atoms with Crippen molar-refractivity contribution < 1.29 is 14.2 Å². The first-order chi connectivity index (χ1) is 8.68. The minimum absolute atomic E-state index is 0. The van der Waals surface area contributed by atoms with Crippen LogP contribution in [0.1, 0.15) is 39.3 Å². The van der Waals surface area contributed by atoms with Crippen molar-refractivity contribution in [1.29, 1.82) is 0 Å². The van der Waals surface area contributed by atoms with Crippen molar-refractivity contribution in [2.75, 3.05) is 6.61 Å². The van der Waals surface area contributed by atoms with Crippen molar-refractivity contribution in [3.63, 3.8) is 0 Å². The van der Waals surface area contributed by atoms with Crippen molar-refractivity contribution >= 4 is 24.0 Å². The van der Waals surface area contributed by atoms with Gasteiger partial charge in [0, 0.05) is 0 Å². The van der Waals surface area contributed by atoms with Gasteiger partial charge in [0.05, 0.1) is 23.8 Å². The average molecular weight is 326 g/mol. The third-order valence-corrected chi connectivity index (χ3v) is 3.20. The molecule has 0 aliphatic rings. The van der Waals surface area contributed by atoms with Crippen LogP contribution in [0.25, 0.3) is 0 Å². The molecule has 1 aromatic rings. The van der Waals surface area contributed by atoms with Gasteiger partial charge in [0.1, 0.15) is 0 Å². The van der Waals surface area contributed by atoms with Crippen LogP contribution in [0.4, 0.5) is 4.39 Å². The summed E-state index contributed by atoms with van der Waals surface area (Å²) in [6.45, 7) is 7.67. The van der Waals surface area contributed by atoms with Crippen LogP contribution < -0.4 is 10.5 Å². The number of hydrogen-bond acceptors (Lipinski definition) is 3. The Hall–Kier alpha value is -0.550. The predicted molar refractivity (Wildman–Crippen MR) is 82.2 cm³/mol. The number of ether oxygens (including phenoxy) is 1. The quantitative estimate of drug-likeness (QED) is 0.887. The molecule has 2 atom stereocenters. The lowest BCUT2D eigenvalue weighted by Gasteiger charge is -2.31. The highest BCUT2D eigenvalue weighted by atomic mass is 35.5. The highest BCUT2D eigenvalue weighted by molar-refractivity contribution is 6.32. The Morgan fingerprint density at radius 2 is 1.95 bits per heavy atom. The summed E-state index contributed by atoms with van der Waals surface area (Å²) < 4.78 is 19.0. The van der Waals surface area contributed by atoms with E-state index >= 15 is 0 Å². The second-order valence-corrected chi connectivity index (χ2v) is 5.99. The second kappa shape index (κ2) is 7.46. The number of nitrogens with two attached hydrogens (primary N) is 1. The molecule has 0 radical (unpaired) electrons. The minimum atomic E-state index is -0.805. The molecule has 0 aliphatic heterocycles. The molecule has 0 aromatic heterocycles. The van der Waals surface area contributed by atoms with Gasteiger partial charge in [-0.2, -0.15) is 0 Å². The number of hydrogen-bond donors (Lipinski definition) is 2. The van der Waals surface area contributed by atoms with Gasteiger partial charge in [-0.05, 0) is 30.0 Å². The van der Waals surface area contributed by atoms with Crippen molar-refractivity contribution in [1.82, 2.24) is 0 Å². The largest absolute Gasteiger partial charge is 0.489 e. The molecule has 0 amide bonds. The van der Waals surface area contributed by atoms with Crippen LogP contribution in [0.15, 0.2) is 12.1 Å². The van der Waals surface area contributed by atoms with E-state index in [1.54, 1.807) is 6.92 Å². The van der Waals surface area contributed by atoms with Crippen molar-refractivity contribution in [2.24, 2.45) is 11.1 Å². The maximum Gasteiger partial charge on any atom is 0.173 e. The molecular formula is C14H22Cl2FNO2. The van der Waals surface area contributed by atoms with Gasteiger partial charge < -0.3 is 15.6 Å². The molecule has 3 N–H and O–H groups in total. The van der Waals surface area contributed by atoms with Gasteiger partial charge in [-0.1, -0.05) is 32.4 Å². The molecule has 0 saturated heterocycles. The summed E-state index contributed by atoms with van der Waals surface area (Å²) in [6.07, 6.45) is -0.805. The van der Waals surface area contributed by atoms with E-state index in [9.17, 15) is 9.50 Å². The van der Waals surface area contributed by atoms with Crippen LogP contribution in [0.3, 0.4) is 0 Å². The van der Waals surface area contributed by atoms with Crippen molar-refractivity contribution in [2.45, 2.75) is 39.8 Å². The maximum atomic E-state index is 13.9. The molecule has 0 spiro atoms. The van der Waals surface area contributed by atoms with Gasteiger partial charge in [-0.25, -0.2) is 4.39 Å². The molecule has 0 saturated carbocycles. The van der Waals surface area contributed by atoms with Crippen LogP contribution in [0.5, 0.6) is 5.75 Å². The third-order valence-electron chi connectivity index (χ3n) is 2.92. The molecule has 0 aliphatic carbocycles. The molecule has 1 rings (SSSR count). The van der Waals surface area contributed by atoms with Crippen LogP contribution in [-0.4, -0.2) is 17.8 Å². The van der Waals surface area contributed by atoms with Gasteiger partial charge in [-0.15, -0.1) is 12.4 Å². The molecular weight excluding hydrogens is 304 g/mol. The Labute approximate surface area is 130 Å². The van der Waals surface area contributed by atoms with Crippen molar-refractivity contribution in [3.8, 4) is 5.75 Å².